The molecule has 1 aromatic heterocycles. The molecule has 1 heterocycles. The van der Waals surface area contributed by atoms with E-state index in [0.717, 1.165) is 30.4 Å². The average molecular weight is 420 g/mol. The number of carbonyl (C=O) groups excluding carboxylic acids is 2. The fourth-order valence-corrected chi connectivity index (χ4v) is 4.89. The highest BCUT2D eigenvalue weighted by atomic mass is 32.1. The summed E-state index contributed by atoms with van der Waals surface area (Å²) in [6, 6.07) is 13.9. The Kier molecular flexibility index (Phi) is 6.00. The zero-order valence-corrected chi connectivity index (χ0v) is 18.1. The molecule has 0 bridgehead atoms. The van der Waals surface area contributed by atoms with Crippen molar-refractivity contribution in [2.75, 3.05) is 12.4 Å². The van der Waals surface area contributed by atoms with Gasteiger partial charge in [0.05, 0.1) is 7.11 Å². The molecule has 0 unspecified atom stereocenters. The second-order valence-electron chi connectivity index (χ2n) is 7.54. The predicted molar refractivity (Wildman–Crippen MR) is 122 cm³/mol. The van der Waals surface area contributed by atoms with Crippen molar-refractivity contribution in [3.8, 4) is 11.1 Å². The van der Waals surface area contributed by atoms with Crippen molar-refractivity contribution in [2.24, 2.45) is 0 Å². The van der Waals surface area contributed by atoms with Crippen molar-refractivity contribution in [3.63, 3.8) is 0 Å². The molecule has 1 amide bonds. The van der Waals surface area contributed by atoms with Gasteiger partial charge in [0.2, 0.25) is 0 Å². The van der Waals surface area contributed by atoms with Crippen molar-refractivity contribution in [3.05, 3.63) is 75.7 Å². The number of nitrogens with one attached hydrogen (secondary N) is 1. The van der Waals surface area contributed by atoms with Crippen LogP contribution in [0, 0.1) is 0 Å². The summed E-state index contributed by atoms with van der Waals surface area (Å²) >= 11 is 1.35. The largest absolute Gasteiger partial charge is 0.465 e. The summed E-state index contributed by atoms with van der Waals surface area (Å²) in [6.07, 6.45) is 5.53. The van der Waals surface area contributed by atoms with Gasteiger partial charge in [-0.2, -0.15) is 0 Å². The summed E-state index contributed by atoms with van der Waals surface area (Å²) in [7, 11) is 1.37. The van der Waals surface area contributed by atoms with Crippen LogP contribution in [0.1, 0.15) is 57.2 Å². The van der Waals surface area contributed by atoms with Crippen LogP contribution < -0.4 is 5.32 Å². The number of fused-ring (bicyclic) bond motifs is 1. The first-order valence-electron chi connectivity index (χ1n) is 10.3. The van der Waals surface area contributed by atoms with Crippen molar-refractivity contribution in [2.45, 2.75) is 39.0 Å². The van der Waals surface area contributed by atoms with Crippen LogP contribution in [0.3, 0.4) is 0 Å². The van der Waals surface area contributed by atoms with Crippen molar-refractivity contribution >= 4 is 28.2 Å². The third kappa shape index (κ3) is 4.03. The minimum atomic E-state index is -0.444. The van der Waals surface area contributed by atoms with E-state index in [0.29, 0.717) is 16.1 Å². The van der Waals surface area contributed by atoms with E-state index in [-0.39, 0.29) is 5.91 Å². The molecule has 0 saturated carbocycles. The molecule has 0 saturated heterocycles. The summed E-state index contributed by atoms with van der Waals surface area (Å²) in [4.78, 5) is 25.4. The average Bonchev–Trinajstić information content (AvgIpc) is 3.21. The molecule has 1 aliphatic rings. The van der Waals surface area contributed by atoms with E-state index in [1.807, 2.05) is 29.6 Å². The molecule has 0 atom stereocenters. The van der Waals surface area contributed by atoms with E-state index in [2.05, 4.69) is 30.4 Å². The first kappa shape index (κ1) is 20.4. The fraction of sp³-hybridized carbons (Fsp3) is 0.280. The fourth-order valence-electron chi connectivity index (χ4n) is 3.94. The maximum atomic E-state index is 12.8. The van der Waals surface area contributed by atoms with Gasteiger partial charge in [-0.25, -0.2) is 4.79 Å². The van der Waals surface area contributed by atoms with Crippen LogP contribution in [0.5, 0.6) is 0 Å². The predicted octanol–water partition coefficient (Wildman–Crippen LogP) is 5.90. The Labute approximate surface area is 180 Å². The van der Waals surface area contributed by atoms with Gasteiger partial charge < -0.3 is 10.1 Å². The number of carbonyl (C=O) groups is 2. The number of anilines is 1. The Morgan fingerprint density at radius 2 is 1.77 bits per heavy atom. The standard InChI is InChI=1S/C25H25NO3S/c1-3-16-8-10-18(11-9-16)23(27)26-24-22(25(28)29-2)21(15-30-24)20-13-12-17-6-4-5-7-19(17)14-20/h8-15H,3-7H2,1-2H3,(H,26,27). The quantitative estimate of drug-likeness (QED) is 0.524. The molecule has 154 valence electrons. The Bertz CT molecular complexity index is 1080. The van der Waals surface area contributed by atoms with Crippen LogP contribution >= 0.6 is 11.3 Å². The number of benzene rings is 2. The van der Waals surface area contributed by atoms with Gasteiger partial charge in [-0.05, 0) is 66.5 Å². The van der Waals surface area contributed by atoms with E-state index >= 15 is 0 Å². The second-order valence-corrected chi connectivity index (χ2v) is 8.42. The number of hydrogen-bond acceptors (Lipinski definition) is 4. The van der Waals surface area contributed by atoms with Crippen LogP contribution in [-0.4, -0.2) is 19.0 Å². The van der Waals surface area contributed by atoms with Gasteiger partial charge in [-0.1, -0.05) is 37.3 Å². The zero-order chi connectivity index (χ0) is 21.1. The Hall–Kier alpha value is -2.92. The summed E-state index contributed by atoms with van der Waals surface area (Å²) in [6.45, 7) is 2.08. The molecule has 0 aliphatic heterocycles. The molecule has 2 aromatic carbocycles. The van der Waals surface area contributed by atoms with E-state index < -0.39 is 5.97 Å². The lowest BCUT2D eigenvalue weighted by molar-refractivity contribution is 0.0603. The maximum Gasteiger partial charge on any atom is 0.341 e. The van der Waals surface area contributed by atoms with E-state index in [1.165, 1.54) is 48.0 Å². The molecule has 5 heteroatoms. The lowest BCUT2D eigenvalue weighted by Gasteiger charge is -2.16. The molecule has 4 rings (SSSR count). The van der Waals surface area contributed by atoms with Gasteiger partial charge in [0, 0.05) is 16.5 Å². The minimum absolute atomic E-state index is 0.235. The molecule has 0 radical (unpaired) electrons. The number of esters is 1. The monoisotopic (exact) mass is 419 g/mol. The third-order valence-electron chi connectivity index (χ3n) is 5.69. The zero-order valence-electron chi connectivity index (χ0n) is 17.3. The molecule has 30 heavy (non-hydrogen) atoms. The topological polar surface area (TPSA) is 55.4 Å². The Balaban J connectivity index is 1.67. The normalized spacial score (nSPS) is 12.9. The van der Waals surface area contributed by atoms with Gasteiger partial charge in [0.25, 0.3) is 5.91 Å². The lowest BCUT2D eigenvalue weighted by Crippen LogP contribution is -2.14. The van der Waals surface area contributed by atoms with Gasteiger partial charge >= 0.3 is 5.97 Å². The lowest BCUT2D eigenvalue weighted by atomic mass is 9.89. The van der Waals surface area contributed by atoms with Crippen molar-refractivity contribution < 1.29 is 14.3 Å². The van der Waals surface area contributed by atoms with Crippen LogP contribution in [0.25, 0.3) is 11.1 Å². The Morgan fingerprint density at radius 1 is 1.03 bits per heavy atom. The first-order chi connectivity index (χ1) is 14.6. The molecular formula is C25H25NO3S. The first-order valence-corrected chi connectivity index (χ1v) is 11.2. The van der Waals surface area contributed by atoms with Gasteiger partial charge in [-0.3, -0.25) is 4.79 Å². The highest BCUT2D eigenvalue weighted by Crippen LogP contribution is 2.38. The summed E-state index contributed by atoms with van der Waals surface area (Å²) in [5.74, 6) is -0.678. The van der Waals surface area contributed by atoms with Crippen LogP contribution in [0.2, 0.25) is 0 Å². The highest BCUT2D eigenvalue weighted by Gasteiger charge is 2.23. The van der Waals surface area contributed by atoms with Gasteiger partial charge in [-0.15, -0.1) is 11.3 Å². The number of hydrogen-bond donors (Lipinski definition) is 1. The number of ether oxygens (including phenoxy) is 1. The summed E-state index contributed by atoms with van der Waals surface area (Å²) in [5.41, 5.74) is 6.68. The molecular weight excluding hydrogens is 394 g/mol. The number of amides is 1. The number of rotatable bonds is 5. The van der Waals surface area contributed by atoms with Crippen LogP contribution in [0.15, 0.2) is 47.8 Å². The number of thiophene rings is 1. The van der Waals surface area contributed by atoms with Crippen LogP contribution in [-0.2, 0) is 24.0 Å². The van der Waals surface area contributed by atoms with E-state index in [1.54, 1.807) is 0 Å². The molecule has 1 aliphatic carbocycles. The SMILES string of the molecule is CCc1ccc(C(=O)Nc2scc(-c3ccc4c(c3)CCCC4)c2C(=O)OC)cc1. The summed E-state index contributed by atoms with van der Waals surface area (Å²) in [5, 5.41) is 5.35. The number of methoxy groups -OCH3 is 1. The van der Waals surface area contributed by atoms with E-state index in [9.17, 15) is 9.59 Å². The smallest absolute Gasteiger partial charge is 0.341 e. The van der Waals surface area contributed by atoms with E-state index in [4.69, 9.17) is 4.74 Å². The van der Waals surface area contributed by atoms with Gasteiger partial charge in [0.15, 0.2) is 0 Å². The Morgan fingerprint density at radius 3 is 2.47 bits per heavy atom. The minimum Gasteiger partial charge on any atom is -0.465 e. The molecule has 0 fully saturated rings. The molecule has 0 spiro atoms. The van der Waals surface area contributed by atoms with Crippen LogP contribution in [0.4, 0.5) is 5.00 Å². The molecule has 4 nitrogen and oxygen atoms in total. The highest BCUT2D eigenvalue weighted by molar-refractivity contribution is 7.15. The molecule has 3 aromatic rings. The van der Waals surface area contributed by atoms with Gasteiger partial charge in [0.1, 0.15) is 10.6 Å². The maximum absolute atomic E-state index is 12.8. The summed E-state index contributed by atoms with van der Waals surface area (Å²) < 4.78 is 5.04. The third-order valence-corrected chi connectivity index (χ3v) is 6.59. The molecule has 1 N–H and O–H groups in total. The van der Waals surface area contributed by atoms with Crippen molar-refractivity contribution in [1.29, 1.82) is 0 Å². The second kappa shape index (κ2) is 8.84. The van der Waals surface area contributed by atoms with Crippen molar-refractivity contribution in [1.82, 2.24) is 0 Å². The number of aryl methyl sites for hydroxylation is 3.